The van der Waals surface area contributed by atoms with Crippen molar-refractivity contribution in [2.45, 2.75) is 26.3 Å². The molecule has 0 saturated carbocycles. The SMILES string of the molecule is CCc1nc2c(Cc3ccccc3)cccc2n1Cc1ccccc1. The molecule has 124 valence electrons. The average molecular weight is 326 g/mol. The van der Waals surface area contributed by atoms with Crippen LogP contribution in [0.5, 0.6) is 0 Å². The molecule has 0 bridgehead atoms. The van der Waals surface area contributed by atoms with Gasteiger partial charge in [0.1, 0.15) is 5.82 Å². The first-order chi connectivity index (χ1) is 12.3. The lowest BCUT2D eigenvalue weighted by Gasteiger charge is -2.09. The van der Waals surface area contributed by atoms with Gasteiger partial charge in [0.15, 0.2) is 0 Å². The molecule has 0 amide bonds. The number of benzene rings is 3. The fourth-order valence-corrected chi connectivity index (χ4v) is 3.42. The van der Waals surface area contributed by atoms with Crippen LogP contribution in [0.3, 0.4) is 0 Å². The molecule has 2 nitrogen and oxygen atoms in total. The molecule has 0 aliphatic heterocycles. The second-order valence-corrected chi connectivity index (χ2v) is 6.40. The first-order valence-corrected chi connectivity index (χ1v) is 8.90. The van der Waals surface area contributed by atoms with E-state index in [0.717, 1.165) is 30.7 Å². The Balaban J connectivity index is 1.78. The molecule has 0 aliphatic carbocycles. The molecule has 3 aromatic carbocycles. The zero-order chi connectivity index (χ0) is 17.1. The van der Waals surface area contributed by atoms with E-state index in [1.165, 1.54) is 22.2 Å². The van der Waals surface area contributed by atoms with Crippen molar-refractivity contribution >= 4 is 11.0 Å². The van der Waals surface area contributed by atoms with Crippen LogP contribution in [0.15, 0.2) is 78.9 Å². The third-order valence-electron chi connectivity index (χ3n) is 4.68. The standard InChI is InChI=1S/C23H22N2/c1-2-22-24-23-20(16-18-10-5-3-6-11-18)14-9-15-21(23)25(22)17-19-12-7-4-8-13-19/h3-15H,2,16-17H2,1H3. The van der Waals surface area contributed by atoms with Gasteiger partial charge in [0.2, 0.25) is 0 Å². The predicted octanol–water partition coefficient (Wildman–Crippen LogP) is 5.24. The number of aryl methyl sites for hydroxylation is 1. The number of fused-ring (bicyclic) bond motifs is 1. The summed E-state index contributed by atoms with van der Waals surface area (Å²) in [7, 11) is 0. The summed E-state index contributed by atoms with van der Waals surface area (Å²) in [5.74, 6) is 1.15. The highest BCUT2D eigenvalue weighted by Crippen LogP contribution is 2.24. The van der Waals surface area contributed by atoms with Crippen LogP contribution in [-0.4, -0.2) is 9.55 Å². The Bertz CT molecular complexity index is 969. The molecule has 0 unspecified atom stereocenters. The van der Waals surface area contributed by atoms with Gasteiger partial charge in [-0.3, -0.25) is 0 Å². The topological polar surface area (TPSA) is 17.8 Å². The van der Waals surface area contributed by atoms with Gasteiger partial charge >= 0.3 is 0 Å². The molecule has 0 aliphatic rings. The van der Waals surface area contributed by atoms with Gasteiger partial charge in [0, 0.05) is 13.0 Å². The summed E-state index contributed by atoms with van der Waals surface area (Å²) < 4.78 is 2.36. The molecule has 0 saturated heterocycles. The first kappa shape index (κ1) is 15.6. The Morgan fingerprint density at radius 1 is 0.760 bits per heavy atom. The van der Waals surface area contributed by atoms with E-state index in [2.05, 4.69) is 90.4 Å². The van der Waals surface area contributed by atoms with Crippen molar-refractivity contribution in [3.05, 3.63) is 101 Å². The van der Waals surface area contributed by atoms with Crippen LogP contribution in [0, 0.1) is 0 Å². The van der Waals surface area contributed by atoms with E-state index in [-0.39, 0.29) is 0 Å². The minimum absolute atomic E-state index is 0.870. The second-order valence-electron chi connectivity index (χ2n) is 6.40. The maximum Gasteiger partial charge on any atom is 0.109 e. The molecule has 25 heavy (non-hydrogen) atoms. The molecule has 1 aromatic heterocycles. The number of para-hydroxylation sites is 1. The van der Waals surface area contributed by atoms with Gasteiger partial charge in [-0.05, 0) is 29.2 Å². The molecule has 0 N–H and O–H groups in total. The quantitative estimate of drug-likeness (QED) is 0.490. The van der Waals surface area contributed by atoms with E-state index in [4.69, 9.17) is 4.98 Å². The normalized spacial score (nSPS) is 11.1. The zero-order valence-electron chi connectivity index (χ0n) is 14.5. The maximum atomic E-state index is 4.99. The molecule has 4 aromatic rings. The summed E-state index contributed by atoms with van der Waals surface area (Å²) in [6, 6.07) is 27.8. The summed E-state index contributed by atoms with van der Waals surface area (Å²) in [5, 5.41) is 0. The van der Waals surface area contributed by atoms with E-state index in [0.29, 0.717) is 0 Å². The lowest BCUT2D eigenvalue weighted by Crippen LogP contribution is -2.04. The van der Waals surface area contributed by atoms with E-state index in [1.54, 1.807) is 0 Å². The number of nitrogens with zero attached hydrogens (tertiary/aromatic N) is 2. The number of imidazole rings is 1. The summed E-state index contributed by atoms with van der Waals surface area (Å²) in [4.78, 5) is 4.99. The second kappa shape index (κ2) is 6.94. The van der Waals surface area contributed by atoms with Crippen molar-refractivity contribution in [3.63, 3.8) is 0 Å². The minimum atomic E-state index is 0.870. The average Bonchev–Trinajstić information content (AvgIpc) is 3.02. The summed E-state index contributed by atoms with van der Waals surface area (Å²) in [6.07, 6.45) is 1.86. The van der Waals surface area contributed by atoms with Crippen LogP contribution < -0.4 is 0 Å². The van der Waals surface area contributed by atoms with Gasteiger partial charge in [-0.1, -0.05) is 79.7 Å². The van der Waals surface area contributed by atoms with Crippen molar-refractivity contribution in [3.8, 4) is 0 Å². The number of aromatic nitrogens is 2. The van der Waals surface area contributed by atoms with Gasteiger partial charge in [-0.15, -0.1) is 0 Å². The van der Waals surface area contributed by atoms with Crippen molar-refractivity contribution in [2.24, 2.45) is 0 Å². The number of rotatable bonds is 5. The molecule has 1 heterocycles. The largest absolute Gasteiger partial charge is 0.323 e. The molecular weight excluding hydrogens is 304 g/mol. The summed E-state index contributed by atoms with van der Waals surface area (Å²) >= 11 is 0. The minimum Gasteiger partial charge on any atom is -0.323 e. The number of hydrogen-bond donors (Lipinski definition) is 0. The monoisotopic (exact) mass is 326 g/mol. The van der Waals surface area contributed by atoms with Crippen LogP contribution in [0.2, 0.25) is 0 Å². The van der Waals surface area contributed by atoms with E-state index < -0.39 is 0 Å². The highest BCUT2D eigenvalue weighted by atomic mass is 15.1. The first-order valence-electron chi connectivity index (χ1n) is 8.90. The van der Waals surface area contributed by atoms with E-state index in [1.807, 2.05) is 0 Å². The highest BCUT2D eigenvalue weighted by molar-refractivity contribution is 5.80. The Morgan fingerprint density at radius 2 is 1.44 bits per heavy atom. The zero-order valence-corrected chi connectivity index (χ0v) is 14.5. The fourth-order valence-electron chi connectivity index (χ4n) is 3.42. The van der Waals surface area contributed by atoms with Crippen molar-refractivity contribution in [1.82, 2.24) is 9.55 Å². The third-order valence-corrected chi connectivity index (χ3v) is 4.68. The van der Waals surface area contributed by atoms with Crippen LogP contribution in [0.4, 0.5) is 0 Å². The van der Waals surface area contributed by atoms with E-state index in [9.17, 15) is 0 Å². The molecule has 0 fully saturated rings. The van der Waals surface area contributed by atoms with Gasteiger partial charge in [-0.2, -0.15) is 0 Å². The summed E-state index contributed by atoms with van der Waals surface area (Å²) in [5.41, 5.74) is 6.30. The van der Waals surface area contributed by atoms with Gasteiger partial charge in [-0.25, -0.2) is 4.98 Å². The molecule has 4 rings (SSSR count). The van der Waals surface area contributed by atoms with Crippen LogP contribution in [0.25, 0.3) is 11.0 Å². The molecule has 0 spiro atoms. The smallest absolute Gasteiger partial charge is 0.109 e. The van der Waals surface area contributed by atoms with E-state index >= 15 is 0 Å². The highest BCUT2D eigenvalue weighted by Gasteiger charge is 2.13. The molecule has 2 heteroatoms. The molecule has 0 radical (unpaired) electrons. The van der Waals surface area contributed by atoms with Crippen molar-refractivity contribution < 1.29 is 0 Å². The maximum absolute atomic E-state index is 4.99. The summed E-state index contributed by atoms with van der Waals surface area (Å²) in [6.45, 7) is 3.05. The Labute approximate surface area is 148 Å². The molecule has 0 atom stereocenters. The van der Waals surface area contributed by atoms with Crippen LogP contribution in [-0.2, 0) is 19.4 Å². The third kappa shape index (κ3) is 3.20. The van der Waals surface area contributed by atoms with Crippen molar-refractivity contribution in [2.75, 3.05) is 0 Å². The van der Waals surface area contributed by atoms with Crippen molar-refractivity contribution in [1.29, 1.82) is 0 Å². The predicted molar refractivity (Wildman–Crippen MR) is 104 cm³/mol. The lowest BCUT2D eigenvalue weighted by molar-refractivity contribution is 0.753. The van der Waals surface area contributed by atoms with Gasteiger partial charge in [0.05, 0.1) is 11.0 Å². The van der Waals surface area contributed by atoms with Gasteiger partial charge in [0.25, 0.3) is 0 Å². The van der Waals surface area contributed by atoms with Crippen LogP contribution >= 0.6 is 0 Å². The Kier molecular flexibility index (Phi) is 4.34. The fraction of sp³-hybridized carbons (Fsp3) is 0.174. The van der Waals surface area contributed by atoms with Gasteiger partial charge < -0.3 is 4.57 Å². The Morgan fingerprint density at radius 3 is 2.12 bits per heavy atom. The molecular formula is C23H22N2. The lowest BCUT2D eigenvalue weighted by atomic mass is 10.0. The van der Waals surface area contributed by atoms with Crippen LogP contribution in [0.1, 0.15) is 29.4 Å². The number of hydrogen-bond acceptors (Lipinski definition) is 1. The Hall–Kier alpha value is -2.87.